The monoisotopic (exact) mass is 297 g/mol. The molecular weight excluding hydrogens is 266 g/mol. The van der Waals surface area contributed by atoms with Gasteiger partial charge in [-0.2, -0.15) is 0 Å². The number of carbonyl (C=O) groups excluding carboxylic acids is 1. The lowest BCUT2D eigenvalue weighted by Crippen LogP contribution is -2.49. The molecular formula is C16H31N3O2. The summed E-state index contributed by atoms with van der Waals surface area (Å²) in [6.45, 7) is 9.50. The van der Waals surface area contributed by atoms with E-state index in [1.165, 1.54) is 6.42 Å². The van der Waals surface area contributed by atoms with Crippen LogP contribution in [0.25, 0.3) is 0 Å². The highest BCUT2D eigenvalue weighted by molar-refractivity contribution is 5.77. The molecule has 2 rings (SSSR count). The van der Waals surface area contributed by atoms with Crippen LogP contribution in [0.4, 0.5) is 0 Å². The highest BCUT2D eigenvalue weighted by Gasteiger charge is 2.27. The van der Waals surface area contributed by atoms with Gasteiger partial charge in [0.25, 0.3) is 0 Å². The summed E-state index contributed by atoms with van der Waals surface area (Å²) in [7, 11) is 2.19. The van der Waals surface area contributed by atoms with Crippen molar-refractivity contribution in [1.82, 2.24) is 14.7 Å². The third-order valence-corrected chi connectivity index (χ3v) is 4.75. The Balaban J connectivity index is 1.77. The van der Waals surface area contributed by atoms with Crippen molar-refractivity contribution in [3.05, 3.63) is 0 Å². The molecule has 5 nitrogen and oxygen atoms in total. The first-order valence-electron chi connectivity index (χ1n) is 8.49. The minimum Gasteiger partial charge on any atom is -0.372 e. The van der Waals surface area contributed by atoms with Crippen molar-refractivity contribution in [3.8, 4) is 0 Å². The molecule has 2 aliphatic rings. The number of amides is 1. The van der Waals surface area contributed by atoms with Gasteiger partial charge in [0.1, 0.15) is 6.61 Å². The van der Waals surface area contributed by atoms with Gasteiger partial charge in [-0.25, -0.2) is 0 Å². The van der Waals surface area contributed by atoms with Gasteiger partial charge in [-0.1, -0.05) is 0 Å². The van der Waals surface area contributed by atoms with Crippen molar-refractivity contribution in [3.63, 3.8) is 0 Å². The number of carbonyl (C=O) groups is 1. The van der Waals surface area contributed by atoms with Gasteiger partial charge in [0.05, 0.1) is 0 Å². The molecule has 0 spiro atoms. The summed E-state index contributed by atoms with van der Waals surface area (Å²) in [5, 5.41) is 0. The molecule has 2 saturated heterocycles. The van der Waals surface area contributed by atoms with Crippen LogP contribution in [0.2, 0.25) is 0 Å². The zero-order valence-electron chi connectivity index (χ0n) is 13.7. The number of hydrogen-bond acceptors (Lipinski definition) is 4. The maximum atomic E-state index is 12.2. The molecule has 1 atom stereocenters. The summed E-state index contributed by atoms with van der Waals surface area (Å²) in [5.74, 6) is 0.180. The molecule has 2 fully saturated rings. The predicted molar refractivity (Wildman–Crippen MR) is 84.4 cm³/mol. The fourth-order valence-electron chi connectivity index (χ4n) is 3.30. The van der Waals surface area contributed by atoms with Gasteiger partial charge in [-0.3, -0.25) is 4.79 Å². The van der Waals surface area contributed by atoms with Crippen molar-refractivity contribution < 1.29 is 9.53 Å². The molecule has 2 heterocycles. The normalized spacial score (nSPS) is 25.2. The fourth-order valence-corrected chi connectivity index (χ4v) is 3.30. The number of likely N-dealkylation sites (N-methyl/N-ethyl adjacent to an activating group) is 1. The Hall–Kier alpha value is -0.650. The van der Waals surface area contributed by atoms with Crippen LogP contribution >= 0.6 is 0 Å². The minimum atomic E-state index is 0.180. The Labute approximate surface area is 129 Å². The van der Waals surface area contributed by atoms with Gasteiger partial charge in [0.2, 0.25) is 5.91 Å². The predicted octanol–water partition coefficient (Wildman–Crippen LogP) is 1.04. The van der Waals surface area contributed by atoms with Gasteiger partial charge in [0.15, 0.2) is 0 Å². The summed E-state index contributed by atoms with van der Waals surface area (Å²) in [4.78, 5) is 19.2. The van der Waals surface area contributed by atoms with Crippen molar-refractivity contribution in [2.45, 2.75) is 38.6 Å². The molecule has 0 aromatic heterocycles. The molecule has 0 N–H and O–H groups in total. The smallest absolute Gasteiger partial charge is 0.248 e. The Morgan fingerprint density at radius 1 is 1.14 bits per heavy atom. The van der Waals surface area contributed by atoms with Crippen molar-refractivity contribution in [2.75, 3.05) is 59.5 Å². The van der Waals surface area contributed by atoms with Crippen LogP contribution in [-0.2, 0) is 9.53 Å². The SMILES string of the molecule is CCOCC(=O)N1CCCCC1CCN1CCN(C)CC1. The number of nitrogens with zero attached hydrogens (tertiary/aromatic N) is 3. The summed E-state index contributed by atoms with van der Waals surface area (Å²) < 4.78 is 5.30. The average Bonchev–Trinajstić information content (AvgIpc) is 2.52. The number of piperazine rings is 1. The van der Waals surface area contributed by atoms with Gasteiger partial charge >= 0.3 is 0 Å². The van der Waals surface area contributed by atoms with E-state index in [-0.39, 0.29) is 12.5 Å². The van der Waals surface area contributed by atoms with Crippen LogP contribution in [0.1, 0.15) is 32.6 Å². The molecule has 1 amide bonds. The Bertz CT molecular complexity index is 317. The fraction of sp³-hybridized carbons (Fsp3) is 0.938. The maximum Gasteiger partial charge on any atom is 0.248 e. The van der Waals surface area contributed by atoms with Crippen molar-refractivity contribution in [1.29, 1.82) is 0 Å². The van der Waals surface area contributed by atoms with Crippen molar-refractivity contribution in [2.24, 2.45) is 0 Å². The zero-order valence-corrected chi connectivity index (χ0v) is 13.7. The molecule has 1 unspecified atom stereocenters. The topological polar surface area (TPSA) is 36.0 Å². The van der Waals surface area contributed by atoms with Gasteiger partial charge in [-0.15, -0.1) is 0 Å². The van der Waals surface area contributed by atoms with E-state index in [1.807, 2.05) is 6.92 Å². The summed E-state index contributed by atoms with van der Waals surface area (Å²) in [6.07, 6.45) is 4.67. The van der Waals surface area contributed by atoms with Crippen LogP contribution < -0.4 is 0 Å². The third-order valence-electron chi connectivity index (χ3n) is 4.75. The van der Waals surface area contributed by atoms with Crippen LogP contribution in [0.15, 0.2) is 0 Å². The summed E-state index contributed by atoms with van der Waals surface area (Å²) in [5.41, 5.74) is 0. The second-order valence-corrected chi connectivity index (χ2v) is 6.31. The van der Waals surface area contributed by atoms with Gasteiger partial charge in [0, 0.05) is 51.9 Å². The van der Waals surface area contributed by atoms with Gasteiger partial charge < -0.3 is 19.4 Å². The number of ether oxygens (including phenoxy) is 1. The van der Waals surface area contributed by atoms with E-state index in [4.69, 9.17) is 4.74 Å². The van der Waals surface area contributed by atoms with E-state index in [0.29, 0.717) is 12.6 Å². The van der Waals surface area contributed by atoms with E-state index in [2.05, 4.69) is 21.7 Å². The first-order valence-corrected chi connectivity index (χ1v) is 8.49. The highest BCUT2D eigenvalue weighted by atomic mass is 16.5. The Morgan fingerprint density at radius 3 is 2.62 bits per heavy atom. The largest absolute Gasteiger partial charge is 0.372 e. The average molecular weight is 297 g/mol. The number of hydrogen-bond donors (Lipinski definition) is 0. The number of piperidine rings is 1. The molecule has 0 saturated carbocycles. The van der Waals surface area contributed by atoms with E-state index in [0.717, 1.165) is 58.5 Å². The molecule has 122 valence electrons. The van der Waals surface area contributed by atoms with Crippen molar-refractivity contribution >= 4 is 5.91 Å². The number of rotatable bonds is 6. The van der Waals surface area contributed by atoms with Crippen LogP contribution in [0.3, 0.4) is 0 Å². The molecule has 0 aliphatic carbocycles. The van der Waals surface area contributed by atoms with E-state index in [9.17, 15) is 4.79 Å². The lowest BCUT2D eigenvalue weighted by atomic mass is 9.99. The minimum absolute atomic E-state index is 0.180. The third kappa shape index (κ3) is 5.24. The van der Waals surface area contributed by atoms with Gasteiger partial charge in [-0.05, 0) is 39.7 Å². The quantitative estimate of drug-likeness (QED) is 0.734. The summed E-state index contributed by atoms with van der Waals surface area (Å²) >= 11 is 0. The first kappa shape index (κ1) is 16.7. The highest BCUT2D eigenvalue weighted by Crippen LogP contribution is 2.20. The molecule has 5 heteroatoms. The van der Waals surface area contributed by atoms with Crippen LogP contribution in [0, 0.1) is 0 Å². The van der Waals surface area contributed by atoms with E-state index >= 15 is 0 Å². The Morgan fingerprint density at radius 2 is 1.90 bits per heavy atom. The second-order valence-electron chi connectivity index (χ2n) is 6.31. The second kappa shape index (κ2) is 8.71. The summed E-state index contributed by atoms with van der Waals surface area (Å²) in [6, 6.07) is 0.423. The van der Waals surface area contributed by atoms with E-state index < -0.39 is 0 Å². The van der Waals surface area contributed by atoms with Crippen LogP contribution in [0.5, 0.6) is 0 Å². The standard InChI is InChI=1S/C16H31N3O2/c1-3-21-14-16(20)19-8-5-4-6-15(19)7-9-18-12-10-17(2)11-13-18/h15H,3-14H2,1-2H3. The molecule has 0 aromatic rings. The molecule has 0 radical (unpaired) electrons. The molecule has 0 bridgehead atoms. The number of likely N-dealkylation sites (tertiary alicyclic amines) is 1. The van der Waals surface area contributed by atoms with Crippen LogP contribution in [-0.4, -0.2) is 86.2 Å². The molecule has 0 aromatic carbocycles. The Kier molecular flexibility index (Phi) is 6.93. The lowest BCUT2D eigenvalue weighted by molar-refractivity contribution is -0.140. The van der Waals surface area contributed by atoms with E-state index in [1.54, 1.807) is 0 Å². The first-order chi connectivity index (χ1) is 10.2. The lowest BCUT2D eigenvalue weighted by Gasteiger charge is -2.38. The molecule has 21 heavy (non-hydrogen) atoms. The molecule has 2 aliphatic heterocycles. The maximum absolute atomic E-state index is 12.2. The zero-order chi connectivity index (χ0) is 15.1.